The van der Waals surface area contributed by atoms with Crippen molar-refractivity contribution in [1.82, 2.24) is 0 Å². The van der Waals surface area contributed by atoms with Gasteiger partial charge in [0.05, 0.1) is 12.2 Å². The third kappa shape index (κ3) is 5.07. The van der Waals surface area contributed by atoms with Crippen molar-refractivity contribution in [2.24, 2.45) is 0 Å². The molecular weight excluding hydrogens is 333 g/mol. The van der Waals surface area contributed by atoms with Crippen molar-refractivity contribution < 1.29 is 36.2 Å². The van der Waals surface area contributed by atoms with Crippen LogP contribution < -0.4 is 4.74 Å². The van der Waals surface area contributed by atoms with Crippen molar-refractivity contribution in [2.75, 3.05) is 6.61 Å². The standard InChI is InChI=1S/C12H8F5NO3S/c1-2-20-10(19)6-3-8(21-11(13)14)7(5-18)9(4-6)22-12(15,16)17/h3-4,11H,2H2,1H3. The number of carbonyl (C=O) groups is 1. The minimum atomic E-state index is -4.78. The molecule has 0 aliphatic carbocycles. The van der Waals surface area contributed by atoms with E-state index in [4.69, 9.17) is 5.26 Å². The third-order valence-corrected chi connectivity index (χ3v) is 2.90. The molecule has 0 fully saturated rings. The number of benzene rings is 1. The number of hydrogen-bond acceptors (Lipinski definition) is 5. The number of ether oxygens (including phenoxy) is 2. The summed E-state index contributed by atoms with van der Waals surface area (Å²) in [7, 11) is 0. The van der Waals surface area contributed by atoms with Crippen LogP contribution in [0.1, 0.15) is 22.8 Å². The van der Waals surface area contributed by atoms with Crippen LogP contribution in [0.4, 0.5) is 22.0 Å². The third-order valence-electron chi connectivity index (χ3n) is 2.13. The van der Waals surface area contributed by atoms with Crippen molar-refractivity contribution in [2.45, 2.75) is 23.9 Å². The predicted octanol–water partition coefficient (Wildman–Crippen LogP) is 3.95. The van der Waals surface area contributed by atoms with E-state index in [1.807, 2.05) is 0 Å². The second-order valence-electron chi connectivity index (χ2n) is 3.61. The monoisotopic (exact) mass is 341 g/mol. The smallest absolute Gasteiger partial charge is 0.446 e. The zero-order valence-electron chi connectivity index (χ0n) is 10.9. The maximum Gasteiger partial charge on any atom is 0.446 e. The molecule has 0 heterocycles. The van der Waals surface area contributed by atoms with Gasteiger partial charge in [-0.05, 0) is 30.8 Å². The van der Waals surface area contributed by atoms with E-state index in [0.29, 0.717) is 0 Å². The van der Waals surface area contributed by atoms with Crippen LogP contribution in [0.2, 0.25) is 0 Å². The van der Waals surface area contributed by atoms with Crippen LogP contribution in [0.15, 0.2) is 17.0 Å². The summed E-state index contributed by atoms with van der Waals surface area (Å²) in [5, 5.41) is 8.87. The summed E-state index contributed by atoms with van der Waals surface area (Å²) < 4.78 is 70.7. The van der Waals surface area contributed by atoms with Gasteiger partial charge in [0.15, 0.2) is 0 Å². The molecule has 0 atom stereocenters. The molecule has 0 saturated heterocycles. The van der Waals surface area contributed by atoms with Crippen molar-refractivity contribution >= 4 is 17.7 Å². The molecule has 0 unspecified atom stereocenters. The summed E-state index contributed by atoms with van der Waals surface area (Å²) in [6.07, 6.45) is 0. The number of thioether (sulfide) groups is 1. The first-order valence-corrected chi connectivity index (χ1v) is 6.45. The zero-order valence-corrected chi connectivity index (χ0v) is 11.7. The van der Waals surface area contributed by atoms with E-state index in [2.05, 4.69) is 9.47 Å². The highest BCUT2D eigenvalue weighted by Crippen LogP contribution is 2.41. The molecule has 0 aromatic heterocycles. The van der Waals surface area contributed by atoms with Crippen LogP contribution in [0, 0.1) is 11.3 Å². The fourth-order valence-corrected chi connectivity index (χ4v) is 2.11. The molecule has 4 nitrogen and oxygen atoms in total. The second kappa shape index (κ2) is 7.31. The van der Waals surface area contributed by atoms with E-state index < -0.39 is 51.6 Å². The highest BCUT2D eigenvalue weighted by atomic mass is 32.2. The lowest BCUT2D eigenvalue weighted by Crippen LogP contribution is -2.10. The Kier molecular flexibility index (Phi) is 5.99. The molecule has 1 aromatic carbocycles. The van der Waals surface area contributed by atoms with Crippen LogP contribution in [-0.4, -0.2) is 24.7 Å². The van der Waals surface area contributed by atoms with Gasteiger partial charge in [0.2, 0.25) is 0 Å². The number of rotatable bonds is 5. The normalized spacial score (nSPS) is 11.2. The molecule has 10 heteroatoms. The number of esters is 1. The van der Waals surface area contributed by atoms with Gasteiger partial charge >= 0.3 is 18.1 Å². The largest absolute Gasteiger partial charge is 0.462 e. The SMILES string of the molecule is CCOC(=O)c1cc(OC(F)F)c(C#N)c(SC(F)(F)F)c1. The van der Waals surface area contributed by atoms with Gasteiger partial charge in [-0.25, -0.2) is 4.79 Å². The number of alkyl halides is 5. The fraction of sp³-hybridized carbons (Fsp3) is 0.333. The average Bonchev–Trinajstić information content (AvgIpc) is 2.36. The molecule has 22 heavy (non-hydrogen) atoms. The van der Waals surface area contributed by atoms with Crippen LogP contribution in [0.3, 0.4) is 0 Å². The summed E-state index contributed by atoms with van der Waals surface area (Å²) in [6.45, 7) is -1.97. The van der Waals surface area contributed by atoms with Crippen molar-refractivity contribution in [3.63, 3.8) is 0 Å². The minimum absolute atomic E-state index is 0.0639. The first-order valence-electron chi connectivity index (χ1n) is 5.63. The van der Waals surface area contributed by atoms with Crippen LogP contribution >= 0.6 is 11.8 Å². The molecule has 0 aliphatic rings. The number of halogens is 5. The Morgan fingerprint density at radius 3 is 2.50 bits per heavy atom. The van der Waals surface area contributed by atoms with E-state index in [1.165, 1.54) is 13.0 Å². The Morgan fingerprint density at radius 2 is 2.05 bits per heavy atom. The van der Waals surface area contributed by atoms with Crippen LogP contribution in [0.25, 0.3) is 0 Å². The highest BCUT2D eigenvalue weighted by molar-refractivity contribution is 8.00. The quantitative estimate of drug-likeness (QED) is 0.461. The molecule has 0 N–H and O–H groups in total. The number of hydrogen-bond donors (Lipinski definition) is 0. The highest BCUT2D eigenvalue weighted by Gasteiger charge is 2.32. The number of nitrogens with zero attached hydrogens (tertiary/aromatic N) is 1. The second-order valence-corrected chi connectivity index (χ2v) is 4.71. The molecule has 0 amide bonds. The summed E-state index contributed by atoms with van der Waals surface area (Å²) in [5.74, 6) is -1.84. The van der Waals surface area contributed by atoms with Gasteiger partial charge in [0.25, 0.3) is 0 Å². The molecule has 120 valence electrons. The van der Waals surface area contributed by atoms with E-state index in [0.717, 1.165) is 12.1 Å². The Balaban J connectivity index is 3.41. The van der Waals surface area contributed by atoms with Crippen molar-refractivity contribution in [3.05, 3.63) is 23.3 Å². The molecule has 0 saturated carbocycles. The minimum Gasteiger partial charge on any atom is -0.462 e. The summed E-state index contributed by atoms with van der Waals surface area (Å²) in [4.78, 5) is 10.8. The Hall–Kier alpha value is -2.02. The van der Waals surface area contributed by atoms with Gasteiger partial charge in [-0.3, -0.25) is 0 Å². The molecule has 0 spiro atoms. The Bertz CT molecular complexity index is 598. The molecule has 1 rings (SSSR count). The van der Waals surface area contributed by atoms with Gasteiger partial charge < -0.3 is 9.47 Å². The summed E-state index contributed by atoms with van der Waals surface area (Å²) in [5.41, 5.74) is -5.94. The maximum atomic E-state index is 12.5. The van der Waals surface area contributed by atoms with Crippen molar-refractivity contribution in [1.29, 1.82) is 5.26 Å². The van der Waals surface area contributed by atoms with Gasteiger partial charge in [-0.2, -0.15) is 27.2 Å². The lowest BCUT2D eigenvalue weighted by molar-refractivity contribution is -0.0502. The fourth-order valence-electron chi connectivity index (χ4n) is 1.43. The average molecular weight is 341 g/mol. The zero-order chi connectivity index (χ0) is 16.9. The lowest BCUT2D eigenvalue weighted by atomic mass is 10.1. The maximum absolute atomic E-state index is 12.5. The first kappa shape index (κ1) is 18.0. The summed E-state index contributed by atoms with van der Waals surface area (Å²) >= 11 is -0.712. The van der Waals surface area contributed by atoms with Crippen LogP contribution in [-0.2, 0) is 4.74 Å². The Labute approximate surface area is 125 Å². The molecule has 0 radical (unpaired) electrons. The van der Waals surface area contributed by atoms with E-state index >= 15 is 0 Å². The molecule has 1 aromatic rings. The molecule has 0 bridgehead atoms. The van der Waals surface area contributed by atoms with E-state index in [-0.39, 0.29) is 6.61 Å². The molecule has 0 aliphatic heterocycles. The van der Waals surface area contributed by atoms with Gasteiger partial charge in [-0.1, -0.05) is 0 Å². The number of nitriles is 1. The van der Waals surface area contributed by atoms with E-state index in [9.17, 15) is 26.7 Å². The summed E-state index contributed by atoms with van der Waals surface area (Å²) in [6, 6.07) is 2.84. The van der Waals surface area contributed by atoms with Crippen molar-refractivity contribution in [3.8, 4) is 11.8 Å². The van der Waals surface area contributed by atoms with Gasteiger partial charge in [0.1, 0.15) is 17.4 Å². The topological polar surface area (TPSA) is 59.3 Å². The van der Waals surface area contributed by atoms with Gasteiger partial charge in [-0.15, -0.1) is 0 Å². The Morgan fingerprint density at radius 1 is 1.41 bits per heavy atom. The predicted molar refractivity (Wildman–Crippen MR) is 65.7 cm³/mol. The number of carbonyl (C=O) groups excluding carboxylic acids is 1. The first-order chi connectivity index (χ1) is 10.2. The lowest BCUT2D eigenvalue weighted by Gasteiger charge is -2.13. The van der Waals surface area contributed by atoms with E-state index in [1.54, 1.807) is 0 Å². The van der Waals surface area contributed by atoms with Crippen LogP contribution in [0.5, 0.6) is 5.75 Å². The molecular formula is C12H8F5NO3S. The van der Waals surface area contributed by atoms with Gasteiger partial charge in [0, 0.05) is 4.90 Å².